The van der Waals surface area contributed by atoms with Gasteiger partial charge in [-0.15, -0.1) is 0 Å². The fourth-order valence-corrected chi connectivity index (χ4v) is 2.65. The lowest BCUT2D eigenvalue weighted by Crippen LogP contribution is -2.07. The van der Waals surface area contributed by atoms with Crippen LogP contribution < -0.4 is 5.32 Å². The molecule has 0 aliphatic heterocycles. The number of rotatable bonds is 4. The second-order valence-electron chi connectivity index (χ2n) is 4.92. The number of aromatic nitrogens is 4. The van der Waals surface area contributed by atoms with E-state index >= 15 is 0 Å². The second-order valence-corrected chi connectivity index (χ2v) is 6.03. The van der Waals surface area contributed by atoms with Crippen LogP contribution in [0.25, 0.3) is 5.78 Å². The quantitative estimate of drug-likeness (QED) is 0.569. The largest absolute Gasteiger partial charge is 0.446 e. The molecule has 0 spiro atoms. The maximum Gasteiger partial charge on any atom is 0.446 e. The minimum atomic E-state index is -4.52. The van der Waals surface area contributed by atoms with Crippen molar-refractivity contribution in [1.82, 2.24) is 19.6 Å². The fourth-order valence-electron chi connectivity index (χ4n) is 2.11. The van der Waals surface area contributed by atoms with E-state index in [1.165, 1.54) is 16.9 Å². The molecular formula is C14H11F4N5S. The van der Waals surface area contributed by atoms with Crippen molar-refractivity contribution in [2.75, 3.05) is 5.32 Å². The number of benzene rings is 1. The normalized spacial score (nSPS) is 11.9. The van der Waals surface area contributed by atoms with Crippen LogP contribution >= 0.6 is 11.8 Å². The van der Waals surface area contributed by atoms with Crippen LogP contribution in [0.5, 0.6) is 0 Å². The van der Waals surface area contributed by atoms with Gasteiger partial charge in [-0.1, -0.05) is 6.07 Å². The molecule has 3 rings (SSSR count). The van der Waals surface area contributed by atoms with E-state index in [2.05, 4.69) is 20.4 Å². The third-order valence-corrected chi connectivity index (χ3v) is 3.86. The summed E-state index contributed by atoms with van der Waals surface area (Å²) in [5.41, 5.74) is -3.30. The first kappa shape index (κ1) is 16.5. The van der Waals surface area contributed by atoms with Crippen LogP contribution in [0.4, 0.5) is 23.4 Å². The van der Waals surface area contributed by atoms with Crippen LogP contribution in [0, 0.1) is 12.7 Å². The number of thioether (sulfide) groups is 1. The monoisotopic (exact) mass is 357 g/mol. The van der Waals surface area contributed by atoms with Gasteiger partial charge >= 0.3 is 5.51 Å². The molecule has 0 bridgehead atoms. The third-order valence-electron chi connectivity index (χ3n) is 3.08. The molecule has 2 aromatic heterocycles. The van der Waals surface area contributed by atoms with Gasteiger partial charge in [0.05, 0.1) is 4.90 Å². The van der Waals surface area contributed by atoms with Gasteiger partial charge in [0.25, 0.3) is 5.78 Å². The first-order valence-corrected chi connectivity index (χ1v) is 7.59. The predicted molar refractivity (Wildman–Crippen MR) is 81.2 cm³/mol. The number of alkyl halides is 3. The van der Waals surface area contributed by atoms with Crippen molar-refractivity contribution in [2.45, 2.75) is 23.9 Å². The van der Waals surface area contributed by atoms with E-state index in [1.807, 2.05) is 0 Å². The van der Waals surface area contributed by atoms with Crippen molar-refractivity contribution in [2.24, 2.45) is 0 Å². The van der Waals surface area contributed by atoms with Crippen molar-refractivity contribution in [3.8, 4) is 0 Å². The first-order valence-electron chi connectivity index (χ1n) is 6.77. The maximum absolute atomic E-state index is 13.8. The van der Waals surface area contributed by atoms with Crippen LogP contribution in [0.2, 0.25) is 0 Å². The molecule has 0 amide bonds. The van der Waals surface area contributed by atoms with Gasteiger partial charge in [0, 0.05) is 18.3 Å². The van der Waals surface area contributed by atoms with E-state index in [-0.39, 0.29) is 6.54 Å². The molecule has 0 fully saturated rings. The number of nitrogens with one attached hydrogen (secondary N) is 1. The van der Waals surface area contributed by atoms with Crippen LogP contribution in [0.1, 0.15) is 11.3 Å². The molecule has 1 N–H and O–H groups in total. The molecule has 1 aromatic carbocycles. The Morgan fingerprint density at radius 2 is 2.04 bits per heavy atom. The molecule has 10 heteroatoms. The van der Waals surface area contributed by atoms with Crippen LogP contribution in [0.3, 0.4) is 0 Å². The van der Waals surface area contributed by atoms with E-state index in [0.29, 0.717) is 17.2 Å². The van der Waals surface area contributed by atoms with E-state index in [0.717, 1.165) is 17.8 Å². The highest BCUT2D eigenvalue weighted by Crippen LogP contribution is 2.38. The number of nitrogens with zero attached hydrogens (tertiary/aromatic N) is 4. The summed E-state index contributed by atoms with van der Waals surface area (Å²) in [5, 5.41) is 7.07. The highest BCUT2D eigenvalue weighted by atomic mass is 32.2. The summed E-state index contributed by atoms with van der Waals surface area (Å²) in [5.74, 6) is 0.109. The van der Waals surface area contributed by atoms with E-state index in [9.17, 15) is 17.6 Å². The maximum atomic E-state index is 13.8. The van der Waals surface area contributed by atoms with E-state index in [4.69, 9.17) is 0 Å². The molecule has 2 heterocycles. The Bertz CT molecular complexity index is 877. The highest BCUT2D eigenvalue weighted by molar-refractivity contribution is 8.00. The van der Waals surface area contributed by atoms with Gasteiger partial charge in [0.1, 0.15) is 18.0 Å². The molecule has 0 aliphatic rings. The van der Waals surface area contributed by atoms with E-state index in [1.54, 1.807) is 13.0 Å². The molecule has 0 saturated carbocycles. The lowest BCUT2D eigenvalue weighted by atomic mass is 10.2. The lowest BCUT2D eigenvalue weighted by molar-refractivity contribution is -0.0329. The summed E-state index contributed by atoms with van der Waals surface area (Å²) in [6.45, 7) is 2.01. The van der Waals surface area contributed by atoms with Gasteiger partial charge in [0.2, 0.25) is 0 Å². The lowest BCUT2D eigenvalue weighted by Gasteiger charge is -2.10. The van der Waals surface area contributed by atoms with E-state index < -0.39 is 28.0 Å². The summed E-state index contributed by atoms with van der Waals surface area (Å²) < 4.78 is 52.2. The number of anilines is 1. The summed E-state index contributed by atoms with van der Waals surface area (Å²) in [7, 11) is 0. The SMILES string of the molecule is Cc1cc(NCc2ccc(SC(F)(F)F)c(F)c2)n2ncnc2n1. The zero-order valence-corrected chi connectivity index (χ0v) is 13.1. The van der Waals surface area contributed by atoms with Crippen molar-refractivity contribution in [3.63, 3.8) is 0 Å². The van der Waals surface area contributed by atoms with Crippen molar-refractivity contribution >= 4 is 23.4 Å². The van der Waals surface area contributed by atoms with Crippen LogP contribution in [0.15, 0.2) is 35.5 Å². The standard InChI is InChI=1S/C14H11F4N5S/c1-8-4-12(23-13(22-8)20-7-21-23)19-6-9-2-3-11(10(15)5-9)24-14(16,17)18/h2-5,7,19H,6H2,1H3. The Labute approximate surface area is 138 Å². The van der Waals surface area contributed by atoms with Gasteiger partial charge in [-0.2, -0.15) is 27.8 Å². The first-order chi connectivity index (χ1) is 11.3. The van der Waals surface area contributed by atoms with Gasteiger partial charge in [-0.05, 0) is 36.4 Å². The van der Waals surface area contributed by atoms with Crippen molar-refractivity contribution < 1.29 is 17.6 Å². The topological polar surface area (TPSA) is 55.1 Å². The Morgan fingerprint density at radius 1 is 1.25 bits per heavy atom. The van der Waals surface area contributed by atoms with Crippen LogP contribution in [-0.4, -0.2) is 25.1 Å². The minimum absolute atomic E-state index is 0.215. The van der Waals surface area contributed by atoms with Gasteiger partial charge < -0.3 is 5.32 Å². The molecule has 24 heavy (non-hydrogen) atoms. The van der Waals surface area contributed by atoms with Gasteiger partial charge in [0.15, 0.2) is 0 Å². The fraction of sp³-hybridized carbons (Fsp3) is 0.214. The molecule has 0 radical (unpaired) electrons. The van der Waals surface area contributed by atoms with Crippen LogP contribution in [-0.2, 0) is 6.54 Å². The molecule has 126 valence electrons. The molecular weight excluding hydrogens is 346 g/mol. The number of hydrogen-bond donors (Lipinski definition) is 1. The number of fused-ring (bicyclic) bond motifs is 1. The molecule has 0 saturated heterocycles. The Morgan fingerprint density at radius 3 is 2.75 bits per heavy atom. The summed E-state index contributed by atoms with van der Waals surface area (Å²) in [4.78, 5) is 7.72. The zero-order chi connectivity index (χ0) is 17.3. The Kier molecular flexibility index (Phi) is 4.31. The molecule has 0 atom stereocenters. The van der Waals surface area contributed by atoms with Crippen molar-refractivity contribution in [1.29, 1.82) is 0 Å². The minimum Gasteiger partial charge on any atom is -0.366 e. The second kappa shape index (κ2) is 6.27. The highest BCUT2D eigenvalue weighted by Gasteiger charge is 2.30. The molecule has 0 aliphatic carbocycles. The summed E-state index contributed by atoms with van der Waals surface area (Å²) in [6.07, 6.45) is 1.36. The molecule has 5 nitrogen and oxygen atoms in total. The van der Waals surface area contributed by atoms with Crippen molar-refractivity contribution in [3.05, 3.63) is 47.7 Å². The average molecular weight is 357 g/mol. The smallest absolute Gasteiger partial charge is 0.366 e. The Hall–Kier alpha value is -2.36. The molecule has 0 unspecified atom stereocenters. The average Bonchev–Trinajstić information content (AvgIpc) is 2.94. The summed E-state index contributed by atoms with van der Waals surface area (Å²) in [6, 6.07) is 5.38. The Balaban J connectivity index is 1.77. The van der Waals surface area contributed by atoms with Gasteiger partial charge in [-0.3, -0.25) is 0 Å². The zero-order valence-electron chi connectivity index (χ0n) is 12.3. The molecule has 3 aromatic rings. The number of aryl methyl sites for hydroxylation is 1. The summed E-state index contributed by atoms with van der Waals surface area (Å²) >= 11 is -0.471. The predicted octanol–water partition coefficient (Wildman–Crippen LogP) is 3.80. The third kappa shape index (κ3) is 3.75. The number of halogens is 4. The number of hydrogen-bond acceptors (Lipinski definition) is 5. The van der Waals surface area contributed by atoms with Gasteiger partial charge in [-0.25, -0.2) is 9.37 Å².